The monoisotopic (exact) mass is 438 g/mol. The van der Waals surface area contributed by atoms with E-state index in [0.29, 0.717) is 11.7 Å². The number of Topliss-reactive ketones (excluding diaryl/α,β-unsaturated/α-hetero) is 1. The molecule has 1 N–H and O–H groups in total. The molecule has 4 nitrogen and oxygen atoms in total. The van der Waals surface area contributed by atoms with Crippen molar-refractivity contribution < 1.29 is 9.59 Å². The molecule has 0 aliphatic carbocycles. The molecule has 3 rings (SSSR count). The molecule has 6 heteroatoms. The number of nitrogens with one attached hydrogen (secondary N) is 1. The molecule has 0 radical (unpaired) electrons. The van der Waals surface area contributed by atoms with E-state index >= 15 is 0 Å². The largest absolute Gasteiger partial charge is 0.325 e. The number of nitrogens with zero attached hydrogens (tertiary/aromatic N) is 1. The summed E-state index contributed by atoms with van der Waals surface area (Å²) in [6, 6.07) is 15.6. The van der Waals surface area contributed by atoms with E-state index in [1.165, 1.54) is 28.7 Å². The lowest BCUT2D eigenvalue weighted by Gasteiger charge is -2.13. The van der Waals surface area contributed by atoms with Gasteiger partial charge < -0.3 is 5.32 Å². The van der Waals surface area contributed by atoms with Gasteiger partial charge in [0.05, 0.1) is 17.9 Å². The van der Waals surface area contributed by atoms with Crippen LogP contribution in [0.25, 0.3) is 0 Å². The zero-order chi connectivity index (χ0) is 21.5. The van der Waals surface area contributed by atoms with Crippen molar-refractivity contribution in [3.8, 4) is 0 Å². The number of para-hydroxylation sites is 1. The molecule has 2 aromatic carbocycles. The molecule has 0 fully saturated rings. The third-order valence-corrected chi connectivity index (χ3v) is 6.81. The topological polar surface area (TPSA) is 59.1 Å². The number of thioether (sulfide) groups is 1. The van der Waals surface area contributed by atoms with Crippen molar-refractivity contribution in [2.75, 3.05) is 11.1 Å². The Labute approximate surface area is 186 Å². The number of hydrogen-bond donors (Lipinski definition) is 1. The maximum Gasteiger partial charge on any atom is 0.230 e. The Kier molecular flexibility index (Phi) is 7.82. The van der Waals surface area contributed by atoms with Gasteiger partial charge in [-0.15, -0.1) is 11.3 Å². The van der Waals surface area contributed by atoms with Gasteiger partial charge in [0.25, 0.3) is 0 Å². The first-order valence-electron chi connectivity index (χ1n) is 10.0. The van der Waals surface area contributed by atoms with Crippen LogP contribution in [0.5, 0.6) is 0 Å². The lowest BCUT2D eigenvalue weighted by molar-refractivity contribution is -0.115. The van der Waals surface area contributed by atoms with E-state index in [-0.39, 0.29) is 18.1 Å². The minimum atomic E-state index is -0.0861. The Bertz CT molecular complexity index is 1010. The van der Waals surface area contributed by atoms with Gasteiger partial charge in [-0.3, -0.25) is 9.59 Å². The van der Waals surface area contributed by atoms with Gasteiger partial charge in [-0.05, 0) is 29.5 Å². The second-order valence-corrected chi connectivity index (χ2v) is 9.41. The summed E-state index contributed by atoms with van der Waals surface area (Å²) in [5.41, 5.74) is 4.63. The van der Waals surface area contributed by atoms with E-state index in [1.807, 2.05) is 53.9 Å². The first-order chi connectivity index (χ1) is 14.5. The van der Waals surface area contributed by atoms with Gasteiger partial charge in [0, 0.05) is 16.6 Å². The highest BCUT2D eigenvalue weighted by Gasteiger charge is 2.13. The van der Waals surface area contributed by atoms with Crippen LogP contribution in [0.15, 0.2) is 58.3 Å². The number of ketones is 1. The molecule has 0 spiro atoms. The molecule has 1 amide bonds. The predicted molar refractivity (Wildman–Crippen MR) is 126 cm³/mol. The minimum absolute atomic E-state index is 0.0856. The highest BCUT2D eigenvalue weighted by atomic mass is 32.2. The number of thiazole rings is 1. The van der Waals surface area contributed by atoms with Crippen LogP contribution in [0, 0.1) is 0 Å². The van der Waals surface area contributed by atoms with Crippen LogP contribution in [0.1, 0.15) is 53.9 Å². The molecule has 156 valence electrons. The minimum Gasteiger partial charge on any atom is -0.325 e. The molecule has 0 unspecified atom stereocenters. The van der Waals surface area contributed by atoms with E-state index in [2.05, 4.69) is 31.1 Å². The summed E-state index contributed by atoms with van der Waals surface area (Å²) in [5.74, 6) is 0.672. The average molecular weight is 439 g/mol. The summed E-state index contributed by atoms with van der Waals surface area (Å²) < 4.78 is 0.805. The molecule has 0 atom stereocenters. The third-order valence-electron chi connectivity index (χ3n) is 4.74. The maximum atomic E-state index is 12.5. The molecule has 30 heavy (non-hydrogen) atoms. The average Bonchev–Trinajstić information content (AvgIpc) is 3.19. The van der Waals surface area contributed by atoms with E-state index in [1.54, 1.807) is 0 Å². The van der Waals surface area contributed by atoms with Crippen molar-refractivity contribution in [1.82, 2.24) is 4.98 Å². The molecule has 0 aliphatic heterocycles. The number of rotatable bonds is 9. The SMILES string of the molecule is CCc1ccc(C(=O)CSc2nc(CC(=O)Nc3ccccc3C(C)C)cs2)cc1. The highest BCUT2D eigenvalue weighted by Crippen LogP contribution is 2.26. The normalized spacial score (nSPS) is 10.9. The van der Waals surface area contributed by atoms with Gasteiger partial charge in [-0.2, -0.15) is 0 Å². The number of aryl methyl sites for hydroxylation is 1. The first-order valence-corrected chi connectivity index (χ1v) is 11.9. The van der Waals surface area contributed by atoms with Gasteiger partial charge in [0.1, 0.15) is 0 Å². The maximum absolute atomic E-state index is 12.5. The Morgan fingerprint density at radius 3 is 2.53 bits per heavy atom. The van der Waals surface area contributed by atoms with Crippen LogP contribution in [0.3, 0.4) is 0 Å². The predicted octanol–water partition coefficient (Wildman–Crippen LogP) is 5.99. The molecule has 3 aromatic rings. The summed E-state index contributed by atoms with van der Waals surface area (Å²) in [5, 5.41) is 4.88. The van der Waals surface area contributed by atoms with Crippen LogP contribution in [0.4, 0.5) is 5.69 Å². The summed E-state index contributed by atoms with van der Waals surface area (Å²) in [6.45, 7) is 6.30. The second kappa shape index (κ2) is 10.5. The Balaban J connectivity index is 1.53. The van der Waals surface area contributed by atoms with Crippen LogP contribution in [-0.2, 0) is 17.6 Å². The van der Waals surface area contributed by atoms with Gasteiger partial charge in [-0.1, -0.05) is 75.0 Å². The van der Waals surface area contributed by atoms with Gasteiger partial charge >= 0.3 is 0 Å². The lowest BCUT2D eigenvalue weighted by Crippen LogP contribution is -2.16. The second-order valence-electron chi connectivity index (χ2n) is 7.33. The van der Waals surface area contributed by atoms with Gasteiger partial charge in [0.2, 0.25) is 5.91 Å². The summed E-state index contributed by atoms with van der Waals surface area (Å²) in [4.78, 5) is 29.4. The quantitative estimate of drug-likeness (QED) is 0.329. The summed E-state index contributed by atoms with van der Waals surface area (Å²) in [6.07, 6.45) is 1.18. The number of hydrogen-bond acceptors (Lipinski definition) is 5. The number of benzene rings is 2. The fourth-order valence-electron chi connectivity index (χ4n) is 3.05. The van der Waals surface area contributed by atoms with Gasteiger partial charge in [0.15, 0.2) is 10.1 Å². The summed E-state index contributed by atoms with van der Waals surface area (Å²) in [7, 11) is 0. The number of aromatic nitrogens is 1. The molecule has 0 bridgehead atoms. The van der Waals surface area contributed by atoms with Crippen molar-refractivity contribution in [2.24, 2.45) is 0 Å². The van der Waals surface area contributed by atoms with Crippen LogP contribution in [-0.4, -0.2) is 22.4 Å². The van der Waals surface area contributed by atoms with Crippen molar-refractivity contribution in [3.63, 3.8) is 0 Å². The fraction of sp³-hybridized carbons (Fsp3) is 0.292. The van der Waals surface area contributed by atoms with E-state index in [0.717, 1.165) is 33.3 Å². The smallest absolute Gasteiger partial charge is 0.230 e. The molecule has 0 saturated carbocycles. The Morgan fingerprint density at radius 2 is 1.83 bits per heavy atom. The van der Waals surface area contributed by atoms with E-state index < -0.39 is 0 Å². The third kappa shape index (κ3) is 6.03. The zero-order valence-electron chi connectivity index (χ0n) is 17.5. The Hall–Kier alpha value is -2.44. The Morgan fingerprint density at radius 1 is 1.10 bits per heavy atom. The van der Waals surface area contributed by atoms with Crippen molar-refractivity contribution in [2.45, 2.75) is 43.9 Å². The number of carbonyl (C=O) groups is 2. The lowest BCUT2D eigenvalue weighted by atomic mass is 10.0. The van der Waals surface area contributed by atoms with Gasteiger partial charge in [-0.25, -0.2) is 4.98 Å². The fourth-order valence-corrected chi connectivity index (χ4v) is 4.79. The van der Waals surface area contributed by atoms with Crippen molar-refractivity contribution in [1.29, 1.82) is 0 Å². The molecule has 1 heterocycles. The zero-order valence-corrected chi connectivity index (χ0v) is 19.1. The molecular weight excluding hydrogens is 412 g/mol. The van der Waals surface area contributed by atoms with Crippen LogP contribution < -0.4 is 5.32 Å². The molecule has 0 aliphatic rings. The first kappa shape index (κ1) is 22.2. The van der Waals surface area contributed by atoms with E-state index in [4.69, 9.17) is 0 Å². The van der Waals surface area contributed by atoms with Crippen molar-refractivity contribution in [3.05, 3.63) is 76.3 Å². The molecular formula is C24H26N2O2S2. The van der Waals surface area contributed by atoms with Crippen LogP contribution in [0.2, 0.25) is 0 Å². The van der Waals surface area contributed by atoms with Crippen LogP contribution >= 0.6 is 23.1 Å². The number of anilines is 1. The summed E-state index contributed by atoms with van der Waals surface area (Å²) >= 11 is 2.89. The van der Waals surface area contributed by atoms with Crippen molar-refractivity contribution >= 4 is 40.5 Å². The highest BCUT2D eigenvalue weighted by molar-refractivity contribution is 8.01. The number of carbonyl (C=O) groups excluding carboxylic acids is 2. The standard InChI is InChI=1S/C24H26N2O2S2/c1-4-17-9-11-18(12-10-17)22(27)15-30-24-25-19(14-29-24)13-23(28)26-21-8-6-5-7-20(21)16(2)3/h5-12,14,16H,4,13,15H2,1-3H3,(H,26,28). The number of amides is 1. The van der Waals surface area contributed by atoms with E-state index in [9.17, 15) is 9.59 Å². The molecule has 0 saturated heterocycles. The molecule has 1 aromatic heterocycles.